The summed E-state index contributed by atoms with van der Waals surface area (Å²) < 4.78 is 7.51. The number of nitrogens with zero attached hydrogens (tertiary/aromatic N) is 4. The van der Waals surface area contributed by atoms with E-state index in [-0.39, 0.29) is 24.3 Å². The van der Waals surface area contributed by atoms with Crippen LogP contribution < -0.4 is 21.5 Å². The molecule has 0 unspecified atom stereocenters. The smallest absolute Gasteiger partial charge is 0.337 e. The van der Waals surface area contributed by atoms with Crippen molar-refractivity contribution in [3.63, 3.8) is 0 Å². The third kappa shape index (κ3) is 4.74. The molecule has 11 heteroatoms. The van der Waals surface area contributed by atoms with Crippen molar-refractivity contribution in [1.82, 2.24) is 14.1 Å². The Hall–Kier alpha value is -3.47. The Morgan fingerprint density at radius 3 is 2.44 bits per heavy atom. The maximum Gasteiger partial charge on any atom is 0.337 e. The predicted octanol–water partition coefficient (Wildman–Crippen LogP) is 2.45. The number of carbonyl (C=O) groups excluding carboxylic acids is 2. The van der Waals surface area contributed by atoms with Gasteiger partial charge in [0.15, 0.2) is 10.8 Å². The number of fused-ring (bicyclic) bond motifs is 1. The van der Waals surface area contributed by atoms with Gasteiger partial charge in [-0.05, 0) is 49.9 Å². The summed E-state index contributed by atoms with van der Waals surface area (Å²) in [4.78, 5) is 57.4. The number of anilines is 2. The van der Waals surface area contributed by atoms with Crippen LogP contribution in [0.4, 0.5) is 10.8 Å². The van der Waals surface area contributed by atoms with Crippen molar-refractivity contribution >= 4 is 44.4 Å². The van der Waals surface area contributed by atoms with E-state index in [2.05, 4.69) is 19.9 Å². The second-order valence-electron chi connectivity index (χ2n) is 8.14. The first kappa shape index (κ1) is 23.7. The molecule has 0 atom stereocenters. The fourth-order valence-electron chi connectivity index (χ4n) is 4.00. The molecular formula is C23H27N5O5S. The monoisotopic (exact) mass is 485 g/mol. The Labute approximate surface area is 199 Å². The van der Waals surface area contributed by atoms with Crippen LogP contribution >= 0.6 is 11.3 Å². The summed E-state index contributed by atoms with van der Waals surface area (Å²) in [5.41, 5.74) is 0.154. The van der Waals surface area contributed by atoms with Gasteiger partial charge in [0, 0.05) is 25.3 Å². The van der Waals surface area contributed by atoms with E-state index < -0.39 is 17.6 Å². The van der Waals surface area contributed by atoms with E-state index in [1.165, 1.54) is 27.6 Å². The molecule has 10 nitrogen and oxygen atoms in total. The number of methoxy groups -OCH3 is 1. The predicted molar refractivity (Wildman–Crippen MR) is 131 cm³/mol. The van der Waals surface area contributed by atoms with E-state index in [1.54, 1.807) is 24.3 Å². The number of hydrogen-bond acceptors (Lipinski definition) is 8. The van der Waals surface area contributed by atoms with Gasteiger partial charge in [0.2, 0.25) is 5.91 Å². The van der Waals surface area contributed by atoms with Gasteiger partial charge in [-0.1, -0.05) is 18.3 Å². The summed E-state index contributed by atoms with van der Waals surface area (Å²) in [6, 6.07) is 6.24. The minimum atomic E-state index is -0.550. The Balaban J connectivity index is 1.66. The zero-order valence-corrected chi connectivity index (χ0v) is 20.0. The summed E-state index contributed by atoms with van der Waals surface area (Å²) in [6.07, 6.45) is 3.88. The number of ether oxygens (including phenoxy) is 1. The van der Waals surface area contributed by atoms with Crippen LogP contribution in [0.5, 0.6) is 0 Å². The first-order chi connectivity index (χ1) is 16.4. The lowest BCUT2D eigenvalue weighted by Gasteiger charge is -2.25. The fourth-order valence-corrected chi connectivity index (χ4v) is 5.08. The van der Waals surface area contributed by atoms with Gasteiger partial charge >= 0.3 is 11.7 Å². The minimum Gasteiger partial charge on any atom is -0.465 e. The zero-order valence-electron chi connectivity index (χ0n) is 19.2. The summed E-state index contributed by atoms with van der Waals surface area (Å²) >= 11 is 1.28. The molecule has 3 aromatic rings. The van der Waals surface area contributed by atoms with Gasteiger partial charge < -0.3 is 15.0 Å². The second-order valence-corrected chi connectivity index (χ2v) is 9.12. The molecule has 0 saturated carbocycles. The minimum absolute atomic E-state index is 0.240. The Kier molecular flexibility index (Phi) is 7.11. The fraction of sp³-hybridized carbons (Fsp3) is 0.435. The van der Waals surface area contributed by atoms with E-state index in [9.17, 15) is 19.2 Å². The number of rotatable bonds is 7. The topological polar surface area (TPSA) is 116 Å². The van der Waals surface area contributed by atoms with Crippen molar-refractivity contribution in [2.45, 2.75) is 45.7 Å². The molecular weight excluding hydrogens is 458 g/mol. The lowest BCUT2D eigenvalue weighted by molar-refractivity contribution is -0.116. The first-order valence-corrected chi connectivity index (χ1v) is 12.1. The summed E-state index contributed by atoms with van der Waals surface area (Å²) in [6.45, 7) is 3.57. The third-order valence-corrected chi connectivity index (χ3v) is 6.81. The highest BCUT2D eigenvalue weighted by atomic mass is 32.1. The number of hydrogen-bond donors (Lipinski definition) is 1. The van der Waals surface area contributed by atoms with Gasteiger partial charge in [-0.3, -0.25) is 18.7 Å². The van der Waals surface area contributed by atoms with Crippen LogP contribution in [0.15, 0.2) is 33.9 Å². The number of amides is 1. The maximum absolute atomic E-state index is 13.2. The van der Waals surface area contributed by atoms with Gasteiger partial charge in [-0.15, -0.1) is 0 Å². The molecule has 1 aromatic carbocycles. The molecule has 4 rings (SSSR count). The Morgan fingerprint density at radius 1 is 1.09 bits per heavy atom. The van der Waals surface area contributed by atoms with Gasteiger partial charge in [0.1, 0.15) is 11.2 Å². The molecule has 180 valence electrons. The molecule has 3 heterocycles. The standard InChI is InChI=1S/C23H27N5O5S/c1-3-11-27-20(30)18-19(25-22(34-18)26-12-5-4-6-13-26)28(23(27)32)14-17(29)24-16-9-7-15(8-10-16)21(31)33-2/h7-10H,3-6,11-14H2,1-2H3,(H,24,29). The van der Waals surface area contributed by atoms with Crippen molar-refractivity contribution in [3.8, 4) is 0 Å². The summed E-state index contributed by atoms with van der Waals surface area (Å²) in [7, 11) is 1.30. The largest absolute Gasteiger partial charge is 0.465 e. The molecule has 2 aromatic heterocycles. The van der Waals surface area contributed by atoms with E-state index >= 15 is 0 Å². The first-order valence-electron chi connectivity index (χ1n) is 11.3. The van der Waals surface area contributed by atoms with Crippen molar-refractivity contribution in [1.29, 1.82) is 0 Å². The van der Waals surface area contributed by atoms with Gasteiger partial charge in [0.25, 0.3) is 5.56 Å². The molecule has 1 saturated heterocycles. The van der Waals surface area contributed by atoms with Crippen molar-refractivity contribution in [2.24, 2.45) is 0 Å². The highest BCUT2D eigenvalue weighted by Gasteiger charge is 2.22. The number of thiazole rings is 1. The molecule has 1 fully saturated rings. The zero-order chi connectivity index (χ0) is 24.2. The van der Waals surface area contributed by atoms with Crippen molar-refractivity contribution in [2.75, 3.05) is 30.4 Å². The van der Waals surface area contributed by atoms with Crippen LogP contribution in [0.2, 0.25) is 0 Å². The molecule has 1 aliphatic rings. The molecule has 0 bridgehead atoms. The molecule has 0 spiro atoms. The second kappa shape index (κ2) is 10.2. The third-order valence-electron chi connectivity index (χ3n) is 5.72. The average Bonchev–Trinajstić information content (AvgIpc) is 3.31. The molecule has 34 heavy (non-hydrogen) atoms. The van der Waals surface area contributed by atoms with Crippen LogP contribution in [0.25, 0.3) is 10.3 Å². The van der Waals surface area contributed by atoms with E-state index in [0.717, 1.165) is 32.4 Å². The molecule has 1 amide bonds. The number of esters is 1. The van der Waals surface area contributed by atoms with Crippen LogP contribution in [-0.4, -0.2) is 46.2 Å². The molecule has 1 N–H and O–H groups in total. The van der Waals surface area contributed by atoms with E-state index in [0.29, 0.717) is 27.5 Å². The Bertz CT molecular complexity index is 1320. The van der Waals surface area contributed by atoms with Crippen molar-refractivity contribution < 1.29 is 14.3 Å². The van der Waals surface area contributed by atoms with E-state index in [4.69, 9.17) is 0 Å². The summed E-state index contributed by atoms with van der Waals surface area (Å²) in [5, 5.41) is 3.43. The van der Waals surface area contributed by atoms with Gasteiger partial charge in [0.05, 0.1) is 12.7 Å². The number of nitrogens with one attached hydrogen (secondary N) is 1. The number of aromatic nitrogens is 3. The molecule has 1 aliphatic heterocycles. The Morgan fingerprint density at radius 2 is 1.79 bits per heavy atom. The maximum atomic E-state index is 13.2. The lowest BCUT2D eigenvalue weighted by atomic mass is 10.1. The highest BCUT2D eigenvalue weighted by Crippen LogP contribution is 2.28. The average molecular weight is 486 g/mol. The SMILES string of the molecule is CCCn1c(=O)c2sc(N3CCCCC3)nc2n(CC(=O)Nc2ccc(C(=O)OC)cc2)c1=O. The van der Waals surface area contributed by atoms with Crippen molar-refractivity contribution in [3.05, 3.63) is 50.7 Å². The quantitative estimate of drug-likeness (QED) is 0.511. The lowest BCUT2D eigenvalue weighted by Crippen LogP contribution is -2.41. The van der Waals surface area contributed by atoms with Crippen LogP contribution in [0.3, 0.4) is 0 Å². The number of benzene rings is 1. The number of carbonyl (C=O) groups is 2. The van der Waals surface area contributed by atoms with Crippen LogP contribution in [-0.2, 0) is 22.6 Å². The highest BCUT2D eigenvalue weighted by molar-refractivity contribution is 7.22. The van der Waals surface area contributed by atoms with E-state index in [1.807, 2.05) is 6.92 Å². The van der Waals surface area contributed by atoms with Gasteiger partial charge in [-0.25, -0.2) is 14.6 Å². The van der Waals surface area contributed by atoms with Crippen LogP contribution in [0.1, 0.15) is 43.0 Å². The normalized spacial score (nSPS) is 13.8. The van der Waals surface area contributed by atoms with Gasteiger partial charge in [-0.2, -0.15) is 0 Å². The van der Waals surface area contributed by atoms with Crippen LogP contribution in [0, 0.1) is 0 Å². The summed E-state index contributed by atoms with van der Waals surface area (Å²) in [5.74, 6) is -0.915. The molecule has 0 aliphatic carbocycles. The molecule has 0 radical (unpaired) electrons. The number of piperidine rings is 1.